The van der Waals surface area contributed by atoms with Crippen LogP contribution in [0, 0.1) is 0 Å². The molecule has 6 heteroatoms. The Kier molecular flexibility index (Phi) is 3.79. The number of aromatic carboxylic acids is 1. The third-order valence-electron chi connectivity index (χ3n) is 4.00. The second-order valence-electron chi connectivity index (χ2n) is 5.41. The van der Waals surface area contributed by atoms with Crippen LogP contribution in [0.5, 0.6) is 0 Å². The van der Waals surface area contributed by atoms with Gasteiger partial charge in [-0.1, -0.05) is 6.42 Å². The zero-order valence-electron chi connectivity index (χ0n) is 11.7. The molecule has 1 aromatic heterocycles. The molecule has 1 N–H and O–H groups in total. The first kappa shape index (κ1) is 13.9. The maximum atomic E-state index is 11.9. The second kappa shape index (κ2) is 5.73. The first-order valence-electron chi connectivity index (χ1n) is 7.24. The number of carbonyl (C=O) groups is 1. The van der Waals surface area contributed by atoms with Gasteiger partial charge in [-0.05, 0) is 44.1 Å². The van der Waals surface area contributed by atoms with E-state index in [4.69, 9.17) is 9.52 Å². The summed E-state index contributed by atoms with van der Waals surface area (Å²) < 4.78 is 6.69. The number of aromatic nitrogens is 1. The highest BCUT2D eigenvalue weighted by molar-refractivity contribution is 5.91. The number of piperidine rings is 1. The molecule has 2 heterocycles. The Balaban J connectivity index is 1.86. The molecule has 0 unspecified atom stereocenters. The van der Waals surface area contributed by atoms with Crippen LogP contribution in [0.15, 0.2) is 27.4 Å². The van der Waals surface area contributed by atoms with Gasteiger partial charge >= 0.3 is 11.7 Å². The van der Waals surface area contributed by atoms with Crippen LogP contribution in [0.1, 0.15) is 29.6 Å². The number of fused-ring (bicyclic) bond motifs is 1. The van der Waals surface area contributed by atoms with Gasteiger partial charge < -0.3 is 14.4 Å². The Hall–Kier alpha value is -2.08. The number of carboxylic acid groups (broad SMARTS) is 1. The molecular weight excluding hydrogens is 272 g/mol. The summed E-state index contributed by atoms with van der Waals surface area (Å²) in [6, 6.07) is 4.49. The molecule has 0 amide bonds. The minimum atomic E-state index is -1.01. The van der Waals surface area contributed by atoms with Gasteiger partial charge in [0.25, 0.3) is 0 Å². The summed E-state index contributed by atoms with van der Waals surface area (Å²) in [5.74, 6) is -1.43. The lowest BCUT2D eigenvalue weighted by atomic mass is 10.1. The van der Waals surface area contributed by atoms with E-state index in [0.717, 1.165) is 19.6 Å². The smallest absolute Gasteiger partial charge is 0.419 e. The monoisotopic (exact) mass is 290 g/mol. The van der Waals surface area contributed by atoms with Gasteiger partial charge in [0, 0.05) is 13.1 Å². The van der Waals surface area contributed by atoms with Gasteiger partial charge in [-0.2, -0.15) is 0 Å². The van der Waals surface area contributed by atoms with Crippen LogP contribution in [-0.2, 0) is 6.54 Å². The first-order valence-corrected chi connectivity index (χ1v) is 7.24. The van der Waals surface area contributed by atoms with Crippen LogP contribution in [0.25, 0.3) is 11.1 Å². The lowest BCUT2D eigenvalue weighted by Crippen LogP contribution is -2.34. The fraction of sp³-hybridized carbons (Fsp3) is 0.467. The molecule has 1 fully saturated rings. The second-order valence-corrected chi connectivity index (χ2v) is 5.41. The highest BCUT2D eigenvalue weighted by Gasteiger charge is 2.14. The van der Waals surface area contributed by atoms with E-state index in [9.17, 15) is 9.59 Å². The maximum absolute atomic E-state index is 11.9. The summed E-state index contributed by atoms with van der Waals surface area (Å²) in [5.41, 5.74) is 1.15. The van der Waals surface area contributed by atoms with Crippen molar-refractivity contribution in [3.8, 4) is 0 Å². The van der Waals surface area contributed by atoms with E-state index >= 15 is 0 Å². The molecule has 0 saturated carbocycles. The van der Waals surface area contributed by atoms with Crippen LogP contribution in [0.3, 0.4) is 0 Å². The fourth-order valence-corrected chi connectivity index (χ4v) is 2.83. The highest BCUT2D eigenvalue weighted by Crippen LogP contribution is 2.16. The molecule has 1 aromatic carbocycles. The summed E-state index contributed by atoms with van der Waals surface area (Å²) in [7, 11) is 0. The van der Waals surface area contributed by atoms with Crippen molar-refractivity contribution in [1.29, 1.82) is 0 Å². The van der Waals surface area contributed by atoms with Crippen molar-refractivity contribution >= 4 is 17.1 Å². The number of nitrogens with zero attached hydrogens (tertiary/aromatic N) is 2. The predicted molar refractivity (Wildman–Crippen MR) is 77.7 cm³/mol. The van der Waals surface area contributed by atoms with Crippen molar-refractivity contribution in [2.75, 3.05) is 19.6 Å². The molecule has 1 aliphatic heterocycles. The van der Waals surface area contributed by atoms with Crippen molar-refractivity contribution in [3.05, 3.63) is 34.3 Å². The van der Waals surface area contributed by atoms with Crippen LogP contribution >= 0.6 is 0 Å². The zero-order chi connectivity index (χ0) is 14.8. The van der Waals surface area contributed by atoms with Gasteiger partial charge in [-0.15, -0.1) is 0 Å². The average Bonchev–Trinajstić information content (AvgIpc) is 2.80. The van der Waals surface area contributed by atoms with Gasteiger partial charge in [0.1, 0.15) is 0 Å². The average molecular weight is 290 g/mol. The molecule has 112 valence electrons. The number of benzene rings is 1. The van der Waals surface area contributed by atoms with Gasteiger partial charge in [-0.3, -0.25) is 4.57 Å². The number of rotatable bonds is 4. The van der Waals surface area contributed by atoms with Crippen LogP contribution in [0.4, 0.5) is 0 Å². The summed E-state index contributed by atoms with van der Waals surface area (Å²) in [5, 5.41) is 9.05. The van der Waals surface area contributed by atoms with Gasteiger partial charge in [-0.25, -0.2) is 9.59 Å². The highest BCUT2D eigenvalue weighted by atomic mass is 16.4. The van der Waals surface area contributed by atoms with E-state index in [1.807, 2.05) is 0 Å². The number of carboxylic acids is 1. The van der Waals surface area contributed by atoms with Crippen LogP contribution in [-0.4, -0.2) is 40.2 Å². The molecule has 0 bridgehead atoms. The zero-order valence-corrected chi connectivity index (χ0v) is 11.7. The minimum Gasteiger partial charge on any atom is -0.478 e. The molecular formula is C15H18N2O4. The number of hydrogen-bond acceptors (Lipinski definition) is 4. The Morgan fingerprint density at radius 3 is 2.67 bits per heavy atom. The lowest BCUT2D eigenvalue weighted by Gasteiger charge is -2.26. The topological polar surface area (TPSA) is 75.7 Å². The largest absolute Gasteiger partial charge is 0.478 e. The van der Waals surface area contributed by atoms with E-state index in [1.54, 1.807) is 0 Å². The van der Waals surface area contributed by atoms with Crippen LogP contribution < -0.4 is 5.76 Å². The van der Waals surface area contributed by atoms with Crippen molar-refractivity contribution in [2.24, 2.45) is 0 Å². The quantitative estimate of drug-likeness (QED) is 0.929. The standard InChI is InChI=1S/C15H18N2O4/c18-14(19)11-4-5-13-12(10-11)17(15(20)21-13)9-8-16-6-2-1-3-7-16/h4-5,10H,1-3,6-9H2,(H,18,19). The Morgan fingerprint density at radius 2 is 1.95 bits per heavy atom. The predicted octanol–water partition coefficient (Wildman–Crippen LogP) is 1.78. The molecule has 0 aliphatic carbocycles. The number of oxazole rings is 1. The first-order chi connectivity index (χ1) is 10.1. The van der Waals surface area contributed by atoms with E-state index in [2.05, 4.69) is 4.90 Å². The minimum absolute atomic E-state index is 0.162. The fourth-order valence-electron chi connectivity index (χ4n) is 2.83. The van der Waals surface area contributed by atoms with Gasteiger partial charge in [0.05, 0.1) is 11.1 Å². The summed E-state index contributed by atoms with van der Waals surface area (Å²) >= 11 is 0. The Labute approximate surface area is 121 Å². The van der Waals surface area contributed by atoms with E-state index in [0.29, 0.717) is 17.6 Å². The summed E-state index contributed by atoms with van der Waals surface area (Å²) in [4.78, 5) is 25.3. The van der Waals surface area contributed by atoms with Crippen molar-refractivity contribution in [2.45, 2.75) is 25.8 Å². The summed E-state index contributed by atoms with van der Waals surface area (Å²) in [6.07, 6.45) is 3.67. The third-order valence-corrected chi connectivity index (χ3v) is 4.00. The van der Waals surface area contributed by atoms with Crippen molar-refractivity contribution in [3.63, 3.8) is 0 Å². The van der Waals surface area contributed by atoms with Gasteiger partial charge in [0.15, 0.2) is 5.58 Å². The van der Waals surface area contributed by atoms with Crippen LogP contribution in [0.2, 0.25) is 0 Å². The van der Waals surface area contributed by atoms with Crippen molar-refractivity contribution in [1.82, 2.24) is 9.47 Å². The van der Waals surface area contributed by atoms with E-state index in [-0.39, 0.29) is 5.56 Å². The molecule has 2 aromatic rings. The maximum Gasteiger partial charge on any atom is 0.419 e. The molecule has 0 atom stereocenters. The van der Waals surface area contributed by atoms with Crippen molar-refractivity contribution < 1.29 is 14.3 Å². The third kappa shape index (κ3) is 2.85. The molecule has 1 saturated heterocycles. The molecule has 0 radical (unpaired) electrons. The molecule has 0 spiro atoms. The van der Waals surface area contributed by atoms with E-state index < -0.39 is 11.7 Å². The Bertz CT molecular complexity index is 710. The molecule has 6 nitrogen and oxygen atoms in total. The molecule has 1 aliphatic rings. The molecule has 21 heavy (non-hydrogen) atoms. The Morgan fingerprint density at radius 1 is 1.19 bits per heavy atom. The SMILES string of the molecule is O=C(O)c1ccc2oc(=O)n(CCN3CCCCC3)c2c1. The van der Waals surface area contributed by atoms with Gasteiger partial charge in [0.2, 0.25) is 0 Å². The molecule has 3 rings (SSSR count). The van der Waals surface area contributed by atoms with E-state index in [1.165, 1.54) is 42.0 Å². The number of likely N-dealkylation sites (tertiary alicyclic amines) is 1. The lowest BCUT2D eigenvalue weighted by molar-refractivity contribution is 0.0697. The number of hydrogen-bond donors (Lipinski definition) is 1. The summed E-state index contributed by atoms with van der Waals surface area (Å²) in [6.45, 7) is 3.43. The normalized spacial score (nSPS) is 16.4.